The summed E-state index contributed by atoms with van der Waals surface area (Å²) in [4.78, 5) is 28.9. The van der Waals surface area contributed by atoms with Crippen molar-refractivity contribution < 1.29 is 19.1 Å². The van der Waals surface area contributed by atoms with Crippen LogP contribution in [0.4, 0.5) is 16.2 Å². The molecule has 2 N–H and O–H groups in total. The quantitative estimate of drug-likeness (QED) is 0.232. The lowest BCUT2D eigenvalue weighted by molar-refractivity contribution is 0.0365. The molecule has 2 fully saturated rings. The summed E-state index contributed by atoms with van der Waals surface area (Å²) in [5.41, 5.74) is 5.34. The molecule has 0 spiro atoms. The van der Waals surface area contributed by atoms with Crippen molar-refractivity contribution in [3.05, 3.63) is 84.1 Å². The normalized spacial score (nSPS) is 15.8. The maximum atomic E-state index is 13.8. The molecule has 1 aliphatic carbocycles. The number of amides is 2. The summed E-state index contributed by atoms with van der Waals surface area (Å²) in [6.45, 7) is 10.9. The van der Waals surface area contributed by atoms with Crippen LogP contribution in [0.25, 0.3) is 22.0 Å². The summed E-state index contributed by atoms with van der Waals surface area (Å²) in [7, 11) is 0. The molecule has 224 valence electrons. The van der Waals surface area contributed by atoms with Crippen LogP contribution in [-0.2, 0) is 16.0 Å². The average molecular weight is 581 g/mol. The van der Waals surface area contributed by atoms with Crippen molar-refractivity contribution in [2.24, 2.45) is 0 Å². The first-order valence-corrected chi connectivity index (χ1v) is 15.2. The highest BCUT2D eigenvalue weighted by Crippen LogP contribution is 2.44. The first-order chi connectivity index (χ1) is 20.7. The summed E-state index contributed by atoms with van der Waals surface area (Å²) in [6, 6.07) is 21.7. The molecule has 0 bridgehead atoms. The van der Waals surface area contributed by atoms with E-state index in [-0.39, 0.29) is 5.91 Å². The van der Waals surface area contributed by atoms with Crippen molar-refractivity contribution in [2.45, 2.75) is 51.7 Å². The number of carbonyl (C=O) groups is 2. The number of ether oxygens (including phenoxy) is 2. The SMILES string of the molecule is CC(C)(C)OC(=O)Nc1ccc(-c2ccccc2)cc1NC(=O)c1cc(C2CC2)c2c(ccn2CCN2CCOCC2)c1. The van der Waals surface area contributed by atoms with Gasteiger partial charge >= 0.3 is 6.09 Å². The van der Waals surface area contributed by atoms with Crippen LogP contribution in [-0.4, -0.2) is 59.9 Å². The summed E-state index contributed by atoms with van der Waals surface area (Å²) in [5, 5.41) is 6.99. The number of fused-ring (bicyclic) bond motifs is 1. The topological polar surface area (TPSA) is 84.8 Å². The first kappa shape index (κ1) is 29.0. The number of nitrogens with zero attached hydrogens (tertiary/aromatic N) is 2. The second kappa shape index (κ2) is 12.2. The van der Waals surface area contributed by atoms with Gasteiger partial charge in [-0.15, -0.1) is 0 Å². The third kappa shape index (κ3) is 7.09. The lowest BCUT2D eigenvalue weighted by atomic mass is 10.0. The molecule has 6 rings (SSSR count). The van der Waals surface area contributed by atoms with Gasteiger partial charge in [-0.3, -0.25) is 15.0 Å². The van der Waals surface area contributed by atoms with E-state index in [0.29, 0.717) is 22.9 Å². The van der Waals surface area contributed by atoms with E-state index in [1.807, 2.05) is 69.3 Å². The Morgan fingerprint density at radius 3 is 2.37 bits per heavy atom. The maximum Gasteiger partial charge on any atom is 0.412 e. The van der Waals surface area contributed by atoms with Gasteiger partial charge in [-0.2, -0.15) is 0 Å². The van der Waals surface area contributed by atoms with Gasteiger partial charge in [0, 0.05) is 43.3 Å². The molecule has 2 heterocycles. The molecular weight excluding hydrogens is 540 g/mol. The molecule has 2 amide bonds. The highest BCUT2D eigenvalue weighted by atomic mass is 16.6. The van der Waals surface area contributed by atoms with Crippen molar-refractivity contribution in [1.29, 1.82) is 0 Å². The Morgan fingerprint density at radius 2 is 1.65 bits per heavy atom. The van der Waals surface area contributed by atoms with Crippen LogP contribution in [0.2, 0.25) is 0 Å². The zero-order chi connectivity index (χ0) is 30.0. The predicted octanol–water partition coefficient (Wildman–Crippen LogP) is 7.12. The Morgan fingerprint density at radius 1 is 0.884 bits per heavy atom. The molecule has 8 heteroatoms. The highest BCUT2D eigenvalue weighted by Gasteiger charge is 2.28. The minimum atomic E-state index is -0.648. The monoisotopic (exact) mass is 580 g/mol. The molecule has 0 unspecified atom stereocenters. The van der Waals surface area contributed by atoms with E-state index in [2.05, 4.69) is 38.4 Å². The lowest BCUT2D eigenvalue weighted by Crippen LogP contribution is -2.38. The number of rotatable bonds is 8. The standard InChI is InChI=1S/C35H40N4O4/c1-35(2,3)43-34(41)37-30-12-11-26(24-7-5-4-6-8-24)23-31(30)36-33(40)28-21-27-13-14-39(16-15-38-17-19-42-20-18-38)32(27)29(22-28)25-9-10-25/h4-8,11-14,21-23,25H,9-10,15-20H2,1-3H3,(H,36,40)(H,37,41). The van der Waals surface area contributed by atoms with Gasteiger partial charge in [0.1, 0.15) is 5.60 Å². The summed E-state index contributed by atoms with van der Waals surface area (Å²) >= 11 is 0. The molecule has 1 saturated carbocycles. The maximum absolute atomic E-state index is 13.8. The van der Waals surface area contributed by atoms with Gasteiger partial charge in [0.15, 0.2) is 0 Å². The van der Waals surface area contributed by atoms with Crippen LogP contribution in [0, 0.1) is 0 Å². The molecule has 1 saturated heterocycles. The van der Waals surface area contributed by atoms with Crippen molar-refractivity contribution in [3.63, 3.8) is 0 Å². The predicted molar refractivity (Wildman–Crippen MR) is 171 cm³/mol. The number of nitrogens with one attached hydrogen (secondary N) is 2. The van der Waals surface area contributed by atoms with Crippen molar-refractivity contribution >= 4 is 34.3 Å². The zero-order valence-corrected chi connectivity index (χ0v) is 25.2. The Bertz CT molecular complexity index is 1610. The molecule has 1 aromatic heterocycles. The molecule has 1 aliphatic heterocycles. The van der Waals surface area contributed by atoms with Gasteiger partial charge in [0.05, 0.1) is 30.1 Å². The largest absolute Gasteiger partial charge is 0.444 e. The summed E-state index contributed by atoms with van der Waals surface area (Å²) in [6.07, 6.45) is 3.84. The van der Waals surface area contributed by atoms with Crippen LogP contribution in [0.1, 0.15) is 55.5 Å². The fourth-order valence-corrected chi connectivity index (χ4v) is 5.66. The molecule has 8 nitrogen and oxygen atoms in total. The number of carbonyl (C=O) groups excluding carboxylic acids is 2. The van der Waals surface area contributed by atoms with Gasteiger partial charge in [-0.05, 0) is 86.6 Å². The Labute approximate surface area is 253 Å². The Hall–Kier alpha value is -4.14. The molecule has 3 aromatic carbocycles. The van der Waals surface area contributed by atoms with Crippen LogP contribution in [0.3, 0.4) is 0 Å². The average Bonchev–Trinajstić information content (AvgIpc) is 3.76. The zero-order valence-electron chi connectivity index (χ0n) is 25.2. The first-order valence-electron chi connectivity index (χ1n) is 15.2. The smallest absolute Gasteiger partial charge is 0.412 e. The number of morpholine rings is 1. The lowest BCUT2D eigenvalue weighted by Gasteiger charge is -2.26. The summed E-state index contributed by atoms with van der Waals surface area (Å²) in [5.74, 6) is 0.250. The Kier molecular flexibility index (Phi) is 8.23. The van der Waals surface area contributed by atoms with Crippen molar-refractivity contribution in [1.82, 2.24) is 9.47 Å². The molecule has 43 heavy (non-hydrogen) atoms. The van der Waals surface area contributed by atoms with Crippen LogP contribution in [0.5, 0.6) is 0 Å². The van der Waals surface area contributed by atoms with Gasteiger partial charge in [-0.25, -0.2) is 4.79 Å². The van der Waals surface area contributed by atoms with E-state index in [0.717, 1.165) is 68.7 Å². The fraction of sp³-hybridized carbons (Fsp3) is 0.371. The third-order valence-electron chi connectivity index (χ3n) is 7.94. The number of hydrogen-bond acceptors (Lipinski definition) is 5. The van der Waals surface area contributed by atoms with Crippen LogP contribution < -0.4 is 10.6 Å². The minimum Gasteiger partial charge on any atom is -0.444 e. The molecule has 2 aliphatic rings. The molecular formula is C35H40N4O4. The third-order valence-corrected chi connectivity index (χ3v) is 7.94. The number of anilines is 2. The molecule has 0 radical (unpaired) electrons. The highest BCUT2D eigenvalue weighted by molar-refractivity contribution is 6.09. The van der Waals surface area contributed by atoms with Crippen molar-refractivity contribution in [2.75, 3.05) is 43.5 Å². The van der Waals surface area contributed by atoms with Crippen LogP contribution >= 0.6 is 0 Å². The molecule has 4 aromatic rings. The number of benzene rings is 3. The van der Waals surface area contributed by atoms with Gasteiger partial charge in [-0.1, -0.05) is 36.4 Å². The second-order valence-electron chi connectivity index (χ2n) is 12.4. The Balaban J connectivity index is 1.28. The number of hydrogen-bond donors (Lipinski definition) is 2. The number of aromatic nitrogens is 1. The van der Waals surface area contributed by atoms with Gasteiger partial charge < -0.3 is 19.4 Å². The van der Waals surface area contributed by atoms with E-state index in [4.69, 9.17) is 9.47 Å². The second-order valence-corrected chi connectivity index (χ2v) is 12.4. The fourth-order valence-electron chi connectivity index (χ4n) is 5.66. The van der Waals surface area contributed by atoms with E-state index in [9.17, 15) is 9.59 Å². The van der Waals surface area contributed by atoms with Gasteiger partial charge in [0.2, 0.25) is 0 Å². The minimum absolute atomic E-state index is 0.220. The van der Waals surface area contributed by atoms with Crippen LogP contribution in [0.15, 0.2) is 72.9 Å². The summed E-state index contributed by atoms with van der Waals surface area (Å²) < 4.78 is 13.3. The van der Waals surface area contributed by atoms with E-state index >= 15 is 0 Å². The van der Waals surface area contributed by atoms with E-state index < -0.39 is 11.7 Å². The van der Waals surface area contributed by atoms with E-state index in [1.54, 1.807) is 6.07 Å². The van der Waals surface area contributed by atoms with Gasteiger partial charge in [0.25, 0.3) is 5.91 Å². The van der Waals surface area contributed by atoms with Crippen molar-refractivity contribution in [3.8, 4) is 11.1 Å². The molecule has 0 atom stereocenters. The van der Waals surface area contributed by atoms with E-state index in [1.165, 1.54) is 11.1 Å².